The van der Waals surface area contributed by atoms with E-state index in [-0.39, 0.29) is 5.82 Å². The van der Waals surface area contributed by atoms with Crippen LogP contribution < -0.4 is 4.90 Å². The smallest absolute Gasteiger partial charge is 0.125 e. The molecule has 20 heavy (non-hydrogen) atoms. The molecule has 2 heterocycles. The number of aliphatic hydroxyl groups excluding tert-OH is 1. The Balaban J connectivity index is 1.93. The minimum Gasteiger partial charge on any atom is -0.382 e. The second-order valence-electron chi connectivity index (χ2n) is 5.65. The molecule has 0 saturated carbocycles. The van der Waals surface area contributed by atoms with Gasteiger partial charge < -0.3 is 10.0 Å². The Hall–Kier alpha value is -1.68. The van der Waals surface area contributed by atoms with Gasteiger partial charge in [-0.3, -0.25) is 4.99 Å². The van der Waals surface area contributed by atoms with Crippen molar-refractivity contribution >= 4 is 11.4 Å². The van der Waals surface area contributed by atoms with Crippen LogP contribution in [0.3, 0.4) is 0 Å². The van der Waals surface area contributed by atoms with Crippen LogP contribution in [0.2, 0.25) is 0 Å². The molecule has 106 valence electrons. The van der Waals surface area contributed by atoms with Gasteiger partial charge in [0.2, 0.25) is 0 Å². The first-order valence-corrected chi connectivity index (χ1v) is 7.09. The number of rotatable bonds is 3. The zero-order valence-corrected chi connectivity index (χ0v) is 11.6. The van der Waals surface area contributed by atoms with E-state index >= 15 is 0 Å². The fourth-order valence-corrected chi connectivity index (χ4v) is 2.91. The van der Waals surface area contributed by atoms with E-state index in [1.165, 1.54) is 12.1 Å². The van der Waals surface area contributed by atoms with E-state index < -0.39 is 6.10 Å². The number of benzene rings is 1. The topological polar surface area (TPSA) is 35.8 Å². The quantitative estimate of drug-likeness (QED) is 0.919. The van der Waals surface area contributed by atoms with Crippen LogP contribution in [-0.2, 0) is 0 Å². The van der Waals surface area contributed by atoms with Gasteiger partial charge in [-0.1, -0.05) is 19.1 Å². The standard InChI is InChI=1S/C16H19FN2O/c1-11-6-8-19(10-11)15-9-12(17)4-5-13(15)16(20)14-3-2-7-18-14/h2,4-5,7,9,11,16,20H,3,6,8,10H2,1H3/t11-,16?/m1/s1. The summed E-state index contributed by atoms with van der Waals surface area (Å²) in [6, 6.07) is 4.61. The lowest BCUT2D eigenvalue weighted by Crippen LogP contribution is -2.23. The lowest BCUT2D eigenvalue weighted by atomic mass is 10.0. The number of anilines is 1. The fourth-order valence-electron chi connectivity index (χ4n) is 2.91. The zero-order valence-electron chi connectivity index (χ0n) is 11.6. The van der Waals surface area contributed by atoms with E-state index in [4.69, 9.17) is 0 Å². The molecular weight excluding hydrogens is 255 g/mol. The molecule has 1 aromatic rings. The fraction of sp³-hybridized carbons (Fsp3) is 0.438. The molecule has 1 unspecified atom stereocenters. The first-order valence-electron chi connectivity index (χ1n) is 7.09. The lowest BCUT2D eigenvalue weighted by molar-refractivity contribution is 0.246. The van der Waals surface area contributed by atoms with Crippen molar-refractivity contribution < 1.29 is 9.50 Å². The monoisotopic (exact) mass is 274 g/mol. The summed E-state index contributed by atoms with van der Waals surface area (Å²) in [5.74, 6) is 0.343. The summed E-state index contributed by atoms with van der Waals surface area (Å²) in [5, 5.41) is 10.5. The summed E-state index contributed by atoms with van der Waals surface area (Å²) >= 11 is 0. The van der Waals surface area contributed by atoms with Crippen molar-refractivity contribution in [2.24, 2.45) is 10.9 Å². The van der Waals surface area contributed by atoms with Gasteiger partial charge in [0.15, 0.2) is 0 Å². The number of hydrogen-bond donors (Lipinski definition) is 1. The molecule has 1 saturated heterocycles. The number of hydrogen-bond acceptors (Lipinski definition) is 3. The molecule has 2 aliphatic heterocycles. The summed E-state index contributed by atoms with van der Waals surface area (Å²) in [7, 11) is 0. The van der Waals surface area contributed by atoms with Gasteiger partial charge in [-0.2, -0.15) is 0 Å². The molecule has 1 N–H and O–H groups in total. The van der Waals surface area contributed by atoms with Crippen molar-refractivity contribution in [3.8, 4) is 0 Å². The molecule has 0 aromatic heterocycles. The predicted molar refractivity (Wildman–Crippen MR) is 78.5 cm³/mol. The van der Waals surface area contributed by atoms with Crippen LogP contribution in [0, 0.1) is 11.7 Å². The Morgan fingerprint density at radius 3 is 2.95 bits per heavy atom. The summed E-state index contributed by atoms with van der Waals surface area (Å²) in [6.07, 6.45) is 4.64. The van der Waals surface area contributed by atoms with Gasteiger partial charge in [-0.05, 0) is 24.5 Å². The Kier molecular flexibility index (Phi) is 3.57. The highest BCUT2D eigenvalue weighted by molar-refractivity contribution is 5.93. The molecule has 0 amide bonds. The zero-order chi connectivity index (χ0) is 14.1. The van der Waals surface area contributed by atoms with Crippen molar-refractivity contribution in [3.63, 3.8) is 0 Å². The van der Waals surface area contributed by atoms with Crippen molar-refractivity contribution in [1.29, 1.82) is 0 Å². The van der Waals surface area contributed by atoms with Gasteiger partial charge in [0.25, 0.3) is 0 Å². The molecule has 0 bridgehead atoms. The number of nitrogens with zero attached hydrogens (tertiary/aromatic N) is 2. The van der Waals surface area contributed by atoms with E-state index in [1.54, 1.807) is 12.3 Å². The molecular formula is C16H19FN2O. The highest BCUT2D eigenvalue weighted by Crippen LogP contribution is 2.33. The van der Waals surface area contributed by atoms with E-state index in [1.807, 2.05) is 6.08 Å². The summed E-state index contributed by atoms with van der Waals surface area (Å²) in [4.78, 5) is 6.35. The van der Waals surface area contributed by atoms with E-state index in [2.05, 4.69) is 16.8 Å². The Morgan fingerprint density at radius 2 is 2.30 bits per heavy atom. The second kappa shape index (κ2) is 5.37. The highest BCUT2D eigenvalue weighted by Gasteiger charge is 2.26. The first kappa shape index (κ1) is 13.3. The van der Waals surface area contributed by atoms with Crippen molar-refractivity contribution in [2.75, 3.05) is 18.0 Å². The molecule has 2 aliphatic rings. The maximum atomic E-state index is 13.6. The molecule has 1 aromatic carbocycles. The van der Waals surface area contributed by atoms with Gasteiger partial charge in [0.1, 0.15) is 11.9 Å². The molecule has 4 heteroatoms. The molecule has 0 spiro atoms. The van der Waals surface area contributed by atoms with Gasteiger partial charge in [-0.15, -0.1) is 0 Å². The first-order chi connectivity index (χ1) is 9.65. The third-order valence-corrected chi connectivity index (χ3v) is 4.04. The summed E-state index contributed by atoms with van der Waals surface area (Å²) in [5.41, 5.74) is 2.28. The molecule has 3 rings (SSSR count). The van der Waals surface area contributed by atoms with E-state index in [0.717, 1.165) is 36.5 Å². The van der Waals surface area contributed by atoms with E-state index in [0.29, 0.717) is 12.3 Å². The average Bonchev–Trinajstić information content (AvgIpc) is 3.09. The highest BCUT2D eigenvalue weighted by atomic mass is 19.1. The van der Waals surface area contributed by atoms with Crippen LogP contribution in [0.15, 0.2) is 35.5 Å². The third kappa shape index (κ3) is 2.48. The molecule has 3 nitrogen and oxygen atoms in total. The van der Waals surface area contributed by atoms with Crippen LogP contribution in [0.5, 0.6) is 0 Å². The lowest BCUT2D eigenvalue weighted by Gasteiger charge is -2.24. The number of allylic oxidation sites excluding steroid dienone is 1. The number of aliphatic hydroxyl groups is 1. The van der Waals surface area contributed by atoms with Crippen LogP contribution in [0.25, 0.3) is 0 Å². The minimum atomic E-state index is -0.753. The Bertz CT molecular complexity index is 568. The average molecular weight is 274 g/mol. The van der Waals surface area contributed by atoms with Crippen LogP contribution in [0.4, 0.5) is 10.1 Å². The maximum absolute atomic E-state index is 13.6. The SMILES string of the molecule is C[C@@H]1CCN(c2cc(F)ccc2C(O)C2=NC=CC2)C1. The normalized spacial score (nSPS) is 23.2. The third-order valence-electron chi connectivity index (χ3n) is 4.04. The van der Waals surface area contributed by atoms with Crippen molar-refractivity contribution in [2.45, 2.75) is 25.9 Å². The largest absolute Gasteiger partial charge is 0.382 e. The van der Waals surface area contributed by atoms with Crippen molar-refractivity contribution in [1.82, 2.24) is 0 Å². The maximum Gasteiger partial charge on any atom is 0.125 e. The van der Waals surface area contributed by atoms with Gasteiger partial charge in [0, 0.05) is 37.0 Å². The van der Waals surface area contributed by atoms with Crippen LogP contribution in [0.1, 0.15) is 31.4 Å². The number of halogens is 1. The predicted octanol–water partition coefficient (Wildman–Crippen LogP) is 3.06. The van der Waals surface area contributed by atoms with Crippen molar-refractivity contribution in [3.05, 3.63) is 41.9 Å². The molecule has 0 radical (unpaired) electrons. The van der Waals surface area contributed by atoms with Crippen LogP contribution in [-0.4, -0.2) is 23.9 Å². The van der Waals surface area contributed by atoms with E-state index in [9.17, 15) is 9.50 Å². The Morgan fingerprint density at radius 1 is 1.45 bits per heavy atom. The van der Waals surface area contributed by atoms with Gasteiger partial charge in [-0.25, -0.2) is 4.39 Å². The summed E-state index contributed by atoms with van der Waals surface area (Å²) < 4.78 is 13.6. The Labute approximate surface area is 118 Å². The van der Waals surface area contributed by atoms with Crippen LogP contribution >= 0.6 is 0 Å². The summed E-state index contributed by atoms with van der Waals surface area (Å²) in [6.45, 7) is 4.02. The molecule has 2 atom stereocenters. The van der Waals surface area contributed by atoms with Gasteiger partial charge in [0.05, 0.1) is 5.71 Å². The molecule has 1 fully saturated rings. The molecule has 0 aliphatic carbocycles. The minimum absolute atomic E-state index is 0.262. The number of aliphatic imine (C=N–C) groups is 1. The van der Waals surface area contributed by atoms with Gasteiger partial charge >= 0.3 is 0 Å². The second-order valence-corrected chi connectivity index (χ2v) is 5.65.